The van der Waals surface area contributed by atoms with E-state index in [1.165, 1.54) is 11.3 Å². The highest BCUT2D eigenvalue weighted by molar-refractivity contribution is 7.08. The van der Waals surface area contributed by atoms with Gasteiger partial charge in [-0.15, -0.1) is 0 Å². The van der Waals surface area contributed by atoms with Gasteiger partial charge in [0.2, 0.25) is 0 Å². The fraction of sp³-hybridized carbons (Fsp3) is 0.214. The molecule has 94 valence electrons. The molecule has 0 fully saturated rings. The van der Waals surface area contributed by atoms with E-state index in [1.807, 2.05) is 35.7 Å². The minimum atomic E-state index is -0.250. The van der Waals surface area contributed by atoms with Crippen LogP contribution in [0.25, 0.3) is 0 Å². The molecule has 0 unspecified atom stereocenters. The fourth-order valence-electron chi connectivity index (χ4n) is 1.72. The third kappa shape index (κ3) is 3.42. The van der Waals surface area contributed by atoms with Crippen LogP contribution in [0.5, 0.6) is 0 Å². The van der Waals surface area contributed by atoms with Crippen molar-refractivity contribution in [3.63, 3.8) is 0 Å². The average Bonchev–Trinajstić information content (AvgIpc) is 2.93. The first-order valence-corrected chi connectivity index (χ1v) is 6.71. The lowest BCUT2D eigenvalue weighted by Crippen LogP contribution is -2.38. The standard InChI is InChI=1S/C14H15NO2S/c16-9-13(8-11-4-2-1-3-5-11)15-14(17)12-6-7-18-10-12/h1-7,10,13,16H,8-9H2,(H,15,17)/t13-/m1/s1. The number of amides is 1. The second kappa shape index (κ2) is 6.33. The van der Waals surface area contributed by atoms with Gasteiger partial charge in [0.25, 0.3) is 5.91 Å². The molecule has 1 aromatic carbocycles. The summed E-state index contributed by atoms with van der Waals surface area (Å²) in [5, 5.41) is 15.8. The van der Waals surface area contributed by atoms with E-state index in [2.05, 4.69) is 5.32 Å². The highest BCUT2D eigenvalue weighted by atomic mass is 32.1. The van der Waals surface area contributed by atoms with Gasteiger partial charge in [0, 0.05) is 10.9 Å². The predicted octanol–water partition coefficient (Wildman–Crippen LogP) is 2.08. The number of carbonyl (C=O) groups excluding carboxylic acids is 1. The van der Waals surface area contributed by atoms with Crippen LogP contribution in [0.2, 0.25) is 0 Å². The maximum Gasteiger partial charge on any atom is 0.252 e. The summed E-state index contributed by atoms with van der Waals surface area (Å²) in [5.74, 6) is -0.133. The third-order valence-electron chi connectivity index (χ3n) is 2.66. The second-order valence-corrected chi connectivity index (χ2v) is 4.83. The minimum Gasteiger partial charge on any atom is -0.394 e. The monoisotopic (exact) mass is 261 g/mol. The van der Waals surface area contributed by atoms with Crippen LogP contribution in [0.3, 0.4) is 0 Å². The van der Waals surface area contributed by atoms with Crippen LogP contribution in [0, 0.1) is 0 Å². The average molecular weight is 261 g/mol. The molecule has 1 heterocycles. The highest BCUT2D eigenvalue weighted by Crippen LogP contribution is 2.07. The van der Waals surface area contributed by atoms with E-state index in [-0.39, 0.29) is 18.6 Å². The molecule has 1 aromatic heterocycles. The first kappa shape index (κ1) is 12.8. The van der Waals surface area contributed by atoms with E-state index in [4.69, 9.17) is 0 Å². The molecular formula is C14H15NO2S. The summed E-state index contributed by atoms with van der Waals surface area (Å²) in [6.07, 6.45) is 0.632. The van der Waals surface area contributed by atoms with Gasteiger partial charge in [-0.05, 0) is 23.4 Å². The van der Waals surface area contributed by atoms with Crippen LogP contribution < -0.4 is 5.32 Å². The molecule has 0 bridgehead atoms. The van der Waals surface area contributed by atoms with Crippen molar-refractivity contribution in [3.05, 3.63) is 58.3 Å². The number of aliphatic hydroxyl groups is 1. The lowest BCUT2D eigenvalue weighted by atomic mass is 10.1. The van der Waals surface area contributed by atoms with Gasteiger partial charge < -0.3 is 10.4 Å². The van der Waals surface area contributed by atoms with E-state index < -0.39 is 0 Å². The Balaban J connectivity index is 1.96. The number of carbonyl (C=O) groups is 1. The lowest BCUT2D eigenvalue weighted by Gasteiger charge is -2.15. The van der Waals surface area contributed by atoms with Crippen molar-refractivity contribution in [2.75, 3.05) is 6.61 Å². The molecule has 0 saturated heterocycles. The van der Waals surface area contributed by atoms with Gasteiger partial charge in [-0.25, -0.2) is 0 Å². The van der Waals surface area contributed by atoms with Crippen molar-refractivity contribution in [2.24, 2.45) is 0 Å². The van der Waals surface area contributed by atoms with E-state index in [9.17, 15) is 9.90 Å². The molecule has 0 aliphatic heterocycles. The summed E-state index contributed by atoms with van der Waals surface area (Å²) in [7, 11) is 0. The normalized spacial score (nSPS) is 12.1. The van der Waals surface area contributed by atoms with Crippen LogP contribution in [0.4, 0.5) is 0 Å². The van der Waals surface area contributed by atoms with Crippen LogP contribution in [-0.4, -0.2) is 23.7 Å². The Morgan fingerprint density at radius 2 is 2.06 bits per heavy atom. The van der Waals surface area contributed by atoms with Crippen LogP contribution in [0.1, 0.15) is 15.9 Å². The molecule has 2 aromatic rings. The molecule has 1 amide bonds. The number of hydrogen-bond acceptors (Lipinski definition) is 3. The first-order valence-electron chi connectivity index (χ1n) is 5.77. The molecule has 0 aliphatic rings. The van der Waals surface area contributed by atoms with Gasteiger partial charge in [-0.3, -0.25) is 4.79 Å². The molecule has 1 atom stereocenters. The maximum atomic E-state index is 11.8. The summed E-state index contributed by atoms with van der Waals surface area (Å²) in [6.45, 7) is -0.0647. The zero-order valence-corrected chi connectivity index (χ0v) is 10.7. The van der Waals surface area contributed by atoms with E-state index in [0.717, 1.165) is 5.56 Å². The number of aliphatic hydroxyl groups excluding tert-OH is 1. The summed E-state index contributed by atoms with van der Waals surface area (Å²) in [4.78, 5) is 11.8. The van der Waals surface area contributed by atoms with Crippen molar-refractivity contribution >= 4 is 17.2 Å². The molecule has 0 spiro atoms. The molecular weight excluding hydrogens is 246 g/mol. The van der Waals surface area contributed by atoms with Crippen molar-refractivity contribution in [2.45, 2.75) is 12.5 Å². The topological polar surface area (TPSA) is 49.3 Å². The summed E-state index contributed by atoms with van der Waals surface area (Å²) >= 11 is 1.48. The van der Waals surface area contributed by atoms with Gasteiger partial charge in [0.1, 0.15) is 0 Å². The Bertz CT molecular complexity index is 482. The largest absolute Gasteiger partial charge is 0.394 e. The number of benzene rings is 1. The molecule has 2 N–H and O–H groups in total. The number of thiophene rings is 1. The minimum absolute atomic E-state index is 0.0647. The Hall–Kier alpha value is -1.65. The molecule has 2 rings (SSSR count). The molecule has 18 heavy (non-hydrogen) atoms. The Labute approximate surface area is 110 Å². The maximum absolute atomic E-state index is 11.8. The molecule has 0 aliphatic carbocycles. The number of nitrogens with one attached hydrogen (secondary N) is 1. The Kier molecular flexibility index (Phi) is 4.50. The molecule has 4 heteroatoms. The van der Waals surface area contributed by atoms with Gasteiger partial charge in [-0.2, -0.15) is 11.3 Å². The molecule has 3 nitrogen and oxygen atoms in total. The summed E-state index contributed by atoms with van der Waals surface area (Å²) in [6, 6.07) is 11.3. The molecule has 0 radical (unpaired) electrons. The first-order chi connectivity index (χ1) is 8.79. The van der Waals surface area contributed by atoms with E-state index in [0.29, 0.717) is 12.0 Å². The van der Waals surface area contributed by atoms with Gasteiger partial charge >= 0.3 is 0 Å². The molecule has 0 saturated carbocycles. The predicted molar refractivity (Wildman–Crippen MR) is 72.8 cm³/mol. The van der Waals surface area contributed by atoms with Crippen molar-refractivity contribution in [1.82, 2.24) is 5.32 Å². The summed E-state index contributed by atoms with van der Waals surface area (Å²) < 4.78 is 0. The van der Waals surface area contributed by atoms with E-state index in [1.54, 1.807) is 11.4 Å². The van der Waals surface area contributed by atoms with E-state index >= 15 is 0 Å². The zero-order valence-electron chi connectivity index (χ0n) is 9.87. The SMILES string of the molecule is O=C(N[C@@H](CO)Cc1ccccc1)c1ccsc1. The smallest absolute Gasteiger partial charge is 0.252 e. The summed E-state index contributed by atoms with van der Waals surface area (Å²) in [5.41, 5.74) is 1.74. The quantitative estimate of drug-likeness (QED) is 0.865. The lowest BCUT2D eigenvalue weighted by molar-refractivity contribution is 0.0917. The van der Waals surface area contributed by atoms with Gasteiger partial charge in [0.15, 0.2) is 0 Å². The highest BCUT2D eigenvalue weighted by Gasteiger charge is 2.13. The fourth-order valence-corrected chi connectivity index (χ4v) is 2.36. The zero-order chi connectivity index (χ0) is 12.8. The Morgan fingerprint density at radius 1 is 1.28 bits per heavy atom. The Morgan fingerprint density at radius 3 is 2.67 bits per heavy atom. The second-order valence-electron chi connectivity index (χ2n) is 4.05. The van der Waals surface area contributed by atoms with Gasteiger partial charge in [-0.1, -0.05) is 30.3 Å². The third-order valence-corrected chi connectivity index (χ3v) is 3.35. The van der Waals surface area contributed by atoms with Crippen molar-refractivity contribution in [1.29, 1.82) is 0 Å². The van der Waals surface area contributed by atoms with Crippen LogP contribution in [-0.2, 0) is 6.42 Å². The van der Waals surface area contributed by atoms with Crippen molar-refractivity contribution < 1.29 is 9.90 Å². The number of rotatable bonds is 5. The van der Waals surface area contributed by atoms with Gasteiger partial charge in [0.05, 0.1) is 12.6 Å². The van der Waals surface area contributed by atoms with Crippen molar-refractivity contribution in [3.8, 4) is 0 Å². The number of hydrogen-bond donors (Lipinski definition) is 2. The van der Waals surface area contributed by atoms with Crippen LogP contribution >= 0.6 is 11.3 Å². The van der Waals surface area contributed by atoms with Crippen LogP contribution in [0.15, 0.2) is 47.2 Å².